The monoisotopic (exact) mass is 488 g/mol. The van der Waals surface area contributed by atoms with Gasteiger partial charge in [0.25, 0.3) is 0 Å². The second kappa shape index (κ2) is 11.4. The number of aliphatic hydroxyl groups excluding tert-OH is 10. The van der Waals surface area contributed by atoms with Crippen molar-refractivity contribution in [1.82, 2.24) is 0 Å². The fraction of sp³-hybridized carbons (Fsp3) is 1.00. The fourth-order valence-corrected chi connectivity index (χ4v) is 4.05. The molecular formula is C18H32O15. The second-order valence-electron chi connectivity index (χ2n) is 8.22. The van der Waals surface area contributed by atoms with Gasteiger partial charge in [-0.05, 0) is 0 Å². The Morgan fingerprint density at radius 1 is 0.576 bits per heavy atom. The van der Waals surface area contributed by atoms with Crippen LogP contribution in [-0.4, -0.2) is 157 Å². The van der Waals surface area contributed by atoms with Crippen LogP contribution in [0.25, 0.3) is 0 Å². The lowest BCUT2D eigenvalue weighted by Crippen LogP contribution is -2.65. The molecule has 3 rings (SSSR count). The van der Waals surface area contributed by atoms with E-state index in [1.165, 1.54) is 0 Å². The predicted octanol–water partition coefficient (Wildman–Crippen LogP) is -6.54. The summed E-state index contributed by atoms with van der Waals surface area (Å²) in [6.07, 6.45) is -21.4. The van der Waals surface area contributed by atoms with E-state index in [4.69, 9.17) is 23.7 Å². The van der Waals surface area contributed by atoms with Crippen molar-refractivity contribution in [3.63, 3.8) is 0 Å². The summed E-state index contributed by atoms with van der Waals surface area (Å²) < 4.78 is 26.8. The van der Waals surface area contributed by atoms with Gasteiger partial charge in [-0.15, -0.1) is 0 Å². The van der Waals surface area contributed by atoms with E-state index in [1.54, 1.807) is 0 Å². The predicted molar refractivity (Wildman–Crippen MR) is 99.9 cm³/mol. The van der Waals surface area contributed by atoms with Gasteiger partial charge in [-0.1, -0.05) is 0 Å². The van der Waals surface area contributed by atoms with Crippen molar-refractivity contribution in [3.8, 4) is 0 Å². The van der Waals surface area contributed by atoms with Gasteiger partial charge in [0.2, 0.25) is 0 Å². The van der Waals surface area contributed by atoms with E-state index in [0.717, 1.165) is 0 Å². The fourth-order valence-electron chi connectivity index (χ4n) is 4.05. The molecule has 0 aromatic rings. The summed E-state index contributed by atoms with van der Waals surface area (Å²) in [4.78, 5) is 0. The normalized spacial score (nSPS) is 51.5. The summed E-state index contributed by atoms with van der Waals surface area (Å²) in [5.74, 6) is 0. The van der Waals surface area contributed by atoms with Crippen molar-refractivity contribution in [2.75, 3.05) is 19.8 Å². The van der Waals surface area contributed by atoms with Gasteiger partial charge in [-0.2, -0.15) is 0 Å². The van der Waals surface area contributed by atoms with E-state index in [-0.39, 0.29) is 6.42 Å². The van der Waals surface area contributed by atoms with E-state index < -0.39 is 106 Å². The van der Waals surface area contributed by atoms with Crippen LogP contribution < -0.4 is 0 Å². The van der Waals surface area contributed by atoms with Crippen LogP contribution in [0.4, 0.5) is 0 Å². The molecule has 3 saturated heterocycles. The van der Waals surface area contributed by atoms with Crippen LogP contribution in [0.15, 0.2) is 0 Å². The molecule has 3 heterocycles. The molecule has 3 aliphatic rings. The van der Waals surface area contributed by atoms with Crippen LogP contribution in [0.3, 0.4) is 0 Å². The Morgan fingerprint density at radius 2 is 1.12 bits per heavy atom. The highest BCUT2D eigenvalue weighted by molar-refractivity contribution is 4.95. The van der Waals surface area contributed by atoms with Gasteiger partial charge < -0.3 is 74.7 Å². The van der Waals surface area contributed by atoms with E-state index in [2.05, 4.69) is 0 Å². The number of hydrogen-bond acceptors (Lipinski definition) is 15. The van der Waals surface area contributed by atoms with E-state index in [0.29, 0.717) is 0 Å². The lowest BCUT2D eigenvalue weighted by atomic mass is 9.96. The molecule has 14 atom stereocenters. The first kappa shape index (κ1) is 27.0. The molecule has 3 aliphatic heterocycles. The van der Waals surface area contributed by atoms with Gasteiger partial charge >= 0.3 is 0 Å². The summed E-state index contributed by atoms with van der Waals surface area (Å²) in [5, 5.41) is 98.9. The van der Waals surface area contributed by atoms with E-state index in [1.807, 2.05) is 0 Å². The number of rotatable bonds is 7. The first-order valence-corrected chi connectivity index (χ1v) is 10.5. The SMILES string of the molecule is OC[C@H]1OC(O[C@H]2[C@H](O)[C@@H](O)[C@H](O[C@H]3[C@H](O)[C@@H](O)[C@H](O)O[C@@H]3CO)O[C@@H]2CO)C[C@@H](O)[C@H]1O. The maximum atomic E-state index is 10.6. The molecule has 10 N–H and O–H groups in total. The zero-order valence-corrected chi connectivity index (χ0v) is 17.4. The van der Waals surface area contributed by atoms with Gasteiger partial charge in [0.1, 0.15) is 61.0 Å². The highest BCUT2D eigenvalue weighted by Crippen LogP contribution is 2.31. The first-order chi connectivity index (χ1) is 15.6. The minimum atomic E-state index is -1.82. The summed E-state index contributed by atoms with van der Waals surface area (Å²) >= 11 is 0. The van der Waals surface area contributed by atoms with Gasteiger partial charge in [-0.3, -0.25) is 0 Å². The van der Waals surface area contributed by atoms with Crippen LogP contribution in [0, 0.1) is 0 Å². The molecular weight excluding hydrogens is 456 g/mol. The Labute approximate surface area is 187 Å². The van der Waals surface area contributed by atoms with Crippen molar-refractivity contribution in [3.05, 3.63) is 0 Å². The molecule has 0 aromatic carbocycles. The third-order valence-electron chi connectivity index (χ3n) is 5.98. The molecule has 1 unspecified atom stereocenters. The van der Waals surface area contributed by atoms with Gasteiger partial charge in [-0.25, -0.2) is 0 Å². The summed E-state index contributed by atoms with van der Waals surface area (Å²) in [5.41, 5.74) is 0. The average molecular weight is 488 g/mol. The lowest BCUT2D eigenvalue weighted by Gasteiger charge is -2.47. The summed E-state index contributed by atoms with van der Waals surface area (Å²) in [6, 6.07) is 0. The lowest BCUT2D eigenvalue weighted by molar-refractivity contribution is -0.370. The molecule has 0 amide bonds. The average Bonchev–Trinajstić information content (AvgIpc) is 2.80. The van der Waals surface area contributed by atoms with Crippen molar-refractivity contribution < 1.29 is 74.7 Å². The van der Waals surface area contributed by atoms with Gasteiger partial charge in [0.05, 0.1) is 25.9 Å². The molecule has 15 nitrogen and oxygen atoms in total. The Kier molecular flexibility index (Phi) is 9.35. The molecule has 0 bridgehead atoms. The third kappa shape index (κ3) is 5.64. The third-order valence-corrected chi connectivity index (χ3v) is 5.98. The topological polar surface area (TPSA) is 248 Å². The number of hydrogen-bond donors (Lipinski definition) is 10. The Hall–Kier alpha value is -0.600. The summed E-state index contributed by atoms with van der Waals surface area (Å²) in [6.45, 7) is -2.09. The van der Waals surface area contributed by atoms with E-state index >= 15 is 0 Å². The van der Waals surface area contributed by atoms with Crippen LogP contribution in [0.2, 0.25) is 0 Å². The molecule has 0 aliphatic carbocycles. The number of ether oxygens (including phenoxy) is 5. The molecule has 0 radical (unpaired) electrons. The Bertz CT molecular complexity index is 607. The van der Waals surface area contributed by atoms with Crippen LogP contribution >= 0.6 is 0 Å². The summed E-state index contributed by atoms with van der Waals surface area (Å²) in [7, 11) is 0. The van der Waals surface area contributed by atoms with Gasteiger partial charge in [0, 0.05) is 6.42 Å². The molecule has 15 heteroatoms. The maximum Gasteiger partial charge on any atom is 0.187 e. The van der Waals surface area contributed by atoms with Crippen LogP contribution in [0.5, 0.6) is 0 Å². The highest BCUT2D eigenvalue weighted by Gasteiger charge is 2.52. The van der Waals surface area contributed by atoms with Crippen LogP contribution in [0.1, 0.15) is 6.42 Å². The molecule has 3 fully saturated rings. The minimum Gasteiger partial charge on any atom is -0.394 e. The Morgan fingerprint density at radius 3 is 1.73 bits per heavy atom. The molecule has 33 heavy (non-hydrogen) atoms. The van der Waals surface area contributed by atoms with Crippen molar-refractivity contribution in [2.45, 2.75) is 92.4 Å². The molecule has 0 saturated carbocycles. The van der Waals surface area contributed by atoms with Crippen LogP contribution in [-0.2, 0) is 23.7 Å². The maximum absolute atomic E-state index is 10.6. The van der Waals surface area contributed by atoms with Gasteiger partial charge in [0.15, 0.2) is 18.9 Å². The van der Waals surface area contributed by atoms with Crippen molar-refractivity contribution in [2.24, 2.45) is 0 Å². The standard InChI is InChI=1S/C18H32O15/c19-2-6-10(23)5(22)1-9(29-6)32-15-8(4-21)31-18(14(27)12(15)25)33-16-7(3-20)30-17(28)13(26)11(16)24/h5-28H,1-4H2/t5-,6-,7-,8-,9?,10-,11-,12-,13-,14-,15-,16-,17-,18+/m1/s1. The Balaban J connectivity index is 1.68. The quantitative estimate of drug-likeness (QED) is 0.160. The minimum absolute atomic E-state index is 0.237. The first-order valence-electron chi connectivity index (χ1n) is 10.5. The van der Waals surface area contributed by atoms with Crippen molar-refractivity contribution >= 4 is 0 Å². The molecule has 0 aromatic heterocycles. The second-order valence-corrected chi connectivity index (χ2v) is 8.22. The highest BCUT2D eigenvalue weighted by atomic mass is 16.7. The zero-order chi connectivity index (χ0) is 24.4. The largest absolute Gasteiger partial charge is 0.394 e. The smallest absolute Gasteiger partial charge is 0.187 e. The van der Waals surface area contributed by atoms with E-state index in [9.17, 15) is 51.1 Å². The molecule has 0 spiro atoms. The van der Waals surface area contributed by atoms with Crippen molar-refractivity contribution in [1.29, 1.82) is 0 Å². The zero-order valence-electron chi connectivity index (χ0n) is 17.4. The molecule has 194 valence electrons. The number of aliphatic hydroxyl groups is 10.